The van der Waals surface area contributed by atoms with Crippen LogP contribution >= 0.6 is 11.6 Å². The lowest BCUT2D eigenvalue weighted by molar-refractivity contribution is 1.13. The maximum Gasteiger partial charge on any atom is 0.248 e. The van der Waals surface area contributed by atoms with Gasteiger partial charge in [0.1, 0.15) is 0 Å². The average molecular weight is 196 g/mol. The Morgan fingerprint density at radius 2 is 2.31 bits per heavy atom. The molecular formula is C10H10ClNO. The van der Waals surface area contributed by atoms with Crippen molar-refractivity contribution in [1.82, 2.24) is 4.98 Å². The highest BCUT2D eigenvalue weighted by Gasteiger charge is 1.93. The van der Waals surface area contributed by atoms with Gasteiger partial charge < -0.3 is 4.98 Å². The third kappa shape index (κ3) is 2.96. The molecule has 0 aliphatic rings. The largest absolute Gasteiger partial charge is 0.325 e. The highest BCUT2D eigenvalue weighted by molar-refractivity contribution is 6.18. The van der Waals surface area contributed by atoms with E-state index in [1.54, 1.807) is 6.07 Å². The number of H-pyrrole nitrogens is 1. The molecule has 0 amide bonds. The van der Waals surface area contributed by atoms with E-state index in [0.717, 1.165) is 11.3 Å². The van der Waals surface area contributed by atoms with E-state index in [0.29, 0.717) is 12.3 Å². The van der Waals surface area contributed by atoms with Gasteiger partial charge in [0, 0.05) is 29.6 Å². The van der Waals surface area contributed by atoms with E-state index >= 15 is 0 Å². The number of halogens is 1. The van der Waals surface area contributed by atoms with E-state index in [4.69, 9.17) is 11.6 Å². The van der Waals surface area contributed by atoms with Crippen LogP contribution in [0.3, 0.4) is 0 Å². The molecule has 1 heterocycles. The Labute approximate surface area is 81.9 Å². The zero-order chi connectivity index (χ0) is 9.68. The van der Waals surface area contributed by atoms with Crippen molar-refractivity contribution < 1.29 is 0 Å². The molecule has 68 valence electrons. The normalized spacial score (nSPS) is 9.08. The smallest absolute Gasteiger partial charge is 0.248 e. The fourth-order valence-corrected chi connectivity index (χ4v) is 1.01. The molecule has 1 aromatic heterocycles. The van der Waals surface area contributed by atoms with Gasteiger partial charge in [-0.1, -0.05) is 11.8 Å². The second kappa shape index (κ2) is 4.74. The maximum atomic E-state index is 10.8. The van der Waals surface area contributed by atoms with E-state index in [2.05, 4.69) is 16.8 Å². The molecule has 1 aromatic rings. The molecule has 0 aromatic carbocycles. The third-order valence-corrected chi connectivity index (χ3v) is 1.75. The molecule has 0 saturated carbocycles. The Kier molecular flexibility index (Phi) is 3.60. The lowest BCUT2D eigenvalue weighted by atomic mass is 10.2. The van der Waals surface area contributed by atoms with Gasteiger partial charge in [0.2, 0.25) is 5.56 Å². The Hall–Kier alpha value is -1.20. The minimum atomic E-state index is -0.0969. The molecule has 0 aliphatic carbocycles. The van der Waals surface area contributed by atoms with Gasteiger partial charge in [0.05, 0.1) is 0 Å². The third-order valence-electron chi connectivity index (χ3n) is 1.56. The summed E-state index contributed by atoms with van der Waals surface area (Å²) in [5.41, 5.74) is 1.56. The zero-order valence-corrected chi connectivity index (χ0v) is 8.11. The number of hydrogen-bond donors (Lipinski definition) is 1. The van der Waals surface area contributed by atoms with Crippen LogP contribution in [0.5, 0.6) is 0 Å². The summed E-state index contributed by atoms with van der Waals surface area (Å²) in [5.74, 6) is 6.38. The van der Waals surface area contributed by atoms with Gasteiger partial charge in [0.25, 0.3) is 0 Å². The van der Waals surface area contributed by atoms with Crippen molar-refractivity contribution >= 4 is 11.6 Å². The predicted molar refractivity (Wildman–Crippen MR) is 54.0 cm³/mol. The van der Waals surface area contributed by atoms with E-state index in [-0.39, 0.29) is 5.56 Å². The highest BCUT2D eigenvalue weighted by Crippen LogP contribution is 1.98. The number of alkyl halides is 1. The van der Waals surface area contributed by atoms with E-state index in [9.17, 15) is 4.79 Å². The molecule has 0 fully saturated rings. The van der Waals surface area contributed by atoms with Crippen molar-refractivity contribution in [2.75, 3.05) is 5.88 Å². The zero-order valence-electron chi connectivity index (χ0n) is 7.36. The van der Waals surface area contributed by atoms with Crippen LogP contribution in [0.2, 0.25) is 0 Å². The van der Waals surface area contributed by atoms with Crippen molar-refractivity contribution in [2.45, 2.75) is 13.3 Å². The molecule has 0 aliphatic heterocycles. The topological polar surface area (TPSA) is 32.9 Å². The average Bonchev–Trinajstić information content (AvgIpc) is 2.09. The van der Waals surface area contributed by atoms with Crippen LogP contribution in [0.15, 0.2) is 16.9 Å². The highest BCUT2D eigenvalue weighted by atomic mass is 35.5. The molecule has 0 radical (unpaired) electrons. The van der Waals surface area contributed by atoms with Crippen molar-refractivity contribution in [3.8, 4) is 11.8 Å². The predicted octanol–water partition coefficient (Wildman–Crippen LogP) is 1.66. The molecule has 0 spiro atoms. The minimum Gasteiger partial charge on any atom is -0.325 e. The van der Waals surface area contributed by atoms with Crippen molar-refractivity contribution in [1.29, 1.82) is 0 Å². The molecule has 1 N–H and O–H groups in total. The van der Waals surface area contributed by atoms with Crippen LogP contribution in [0.25, 0.3) is 0 Å². The molecule has 3 heteroatoms. The lowest BCUT2D eigenvalue weighted by Gasteiger charge is -1.94. The summed E-state index contributed by atoms with van der Waals surface area (Å²) in [6.07, 6.45) is 0.667. The second-order valence-electron chi connectivity index (χ2n) is 2.60. The Morgan fingerprint density at radius 3 is 2.92 bits per heavy atom. The quantitative estimate of drug-likeness (QED) is 0.537. The number of aromatic amines is 1. The first-order chi connectivity index (χ1) is 6.24. The summed E-state index contributed by atoms with van der Waals surface area (Å²) in [6.45, 7) is 1.83. The fraction of sp³-hybridized carbons (Fsp3) is 0.300. The van der Waals surface area contributed by atoms with Gasteiger partial charge in [-0.15, -0.1) is 11.6 Å². The van der Waals surface area contributed by atoms with Gasteiger partial charge in [-0.25, -0.2) is 0 Å². The molecular weight excluding hydrogens is 186 g/mol. The Morgan fingerprint density at radius 1 is 1.54 bits per heavy atom. The van der Waals surface area contributed by atoms with E-state index in [1.165, 1.54) is 6.07 Å². The van der Waals surface area contributed by atoms with E-state index < -0.39 is 0 Å². The van der Waals surface area contributed by atoms with Crippen LogP contribution in [0.1, 0.15) is 17.7 Å². The van der Waals surface area contributed by atoms with Crippen LogP contribution in [-0.4, -0.2) is 10.9 Å². The van der Waals surface area contributed by atoms with Gasteiger partial charge in [-0.3, -0.25) is 4.79 Å². The number of aromatic nitrogens is 1. The second-order valence-corrected chi connectivity index (χ2v) is 2.98. The summed E-state index contributed by atoms with van der Waals surface area (Å²) < 4.78 is 0. The standard InChI is InChI=1S/C10H10ClNO/c1-8-9(4-2-3-7-11)5-6-10(13)12-8/h5-6H,3,7H2,1H3,(H,12,13). The summed E-state index contributed by atoms with van der Waals surface area (Å²) in [7, 11) is 0. The first kappa shape index (κ1) is 9.88. The summed E-state index contributed by atoms with van der Waals surface area (Å²) >= 11 is 5.47. The molecule has 0 saturated heterocycles. The van der Waals surface area contributed by atoms with Gasteiger partial charge in [-0.2, -0.15) is 0 Å². The number of hydrogen-bond acceptors (Lipinski definition) is 1. The van der Waals surface area contributed by atoms with Crippen molar-refractivity contribution in [3.05, 3.63) is 33.7 Å². The first-order valence-electron chi connectivity index (χ1n) is 3.99. The minimum absolute atomic E-state index is 0.0969. The van der Waals surface area contributed by atoms with Crippen LogP contribution < -0.4 is 5.56 Å². The summed E-state index contributed by atoms with van der Waals surface area (Å²) in [6, 6.07) is 3.19. The molecule has 1 rings (SSSR count). The van der Waals surface area contributed by atoms with Gasteiger partial charge in [0.15, 0.2) is 0 Å². The van der Waals surface area contributed by atoms with Crippen LogP contribution in [0, 0.1) is 18.8 Å². The molecule has 13 heavy (non-hydrogen) atoms. The monoisotopic (exact) mass is 195 g/mol. The Bertz CT molecular complexity index is 397. The SMILES string of the molecule is Cc1[nH]c(=O)ccc1C#CCCCl. The van der Waals surface area contributed by atoms with Crippen molar-refractivity contribution in [3.63, 3.8) is 0 Å². The van der Waals surface area contributed by atoms with Crippen LogP contribution in [-0.2, 0) is 0 Å². The summed E-state index contributed by atoms with van der Waals surface area (Å²) in [4.78, 5) is 13.5. The maximum absolute atomic E-state index is 10.8. The number of pyridine rings is 1. The molecule has 2 nitrogen and oxygen atoms in total. The molecule has 0 bridgehead atoms. The fourth-order valence-electron chi connectivity index (χ4n) is 0.918. The van der Waals surface area contributed by atoms with Gasteiger partial charge >= 0.3 is 0 Å². The number of nitrogens with one attached hydrogen (secondary N) is 1. The molecule has 0 unspecified atom stereocenters. The lowest BCUT2D eigenvalue weighted by Crippen LogP contribution is -2.05. The summed E-state index contributed by atoms with van der Waals surface area (Å²) in [5, 5.41) is 0. The van der Waals surface area contributed by atoms with Gasteiger partial charge in [-0.05, 0) is 13.0 Å². The van der Waals surface area contributed by atoms with Crippen molar-refractivity contribution in [2.24, 2.45) is 0 Å². The number of aryl methyl sites for hydroxylation is 1. The molecule has 0 atom stereocenters. The van der Waals surface area contributed by atoms with Crippen LogP contribution in [0.4, 0.5) is 0 Å². The first-order valence-corrected chi connectivity index (χ1v) is 4.52. The number of rotatable bonds is 1. The Balaban J connectivity index is 2.92. The van der Waals surface area contributed by atoms with E-state index in [1.807, 2.05) is 6.92 Å².